The number of aromatic nitrogens is 1. The highest BCUT2D eigenvalue weighted by Crippen LogP contribution is 2.23. The van der Waals surface area contributed by atoms with Crippen molar-refractivity contribution in [3.63, 3.8) is 0 Å². The second-order valence-electron chi connectivity index (χ2n) is 2.44. The molecule has 0 atom stereocenters. The molecule has 1 aromatic heterocycles. The number of hydrogen-bond donors (Lipinski definition) is 0. The summed E-state index contributed by atoms with van der Waals surface area (Å²) in [6, 6.07) is 1.43. The third kappa shape index (κ3) is 2.18. The number of nitro groups is 1. The SMILES string of the molecule is O=[N+]([O-])c1cc(C(F)F)cc(CF)n1. The molecule has 0 amide bonds. The topological polar surface area (TPSA) is 56.0 Å². The predicted octanol–water partition coefficient (Wildman–Crippen LogP) is 2.40. The van der Waals surface area contributed by atoms with Crippen LogP contribution < -0.4 is 0 Å². The van der Waals surface area contributed by atoms with Gasteiger partial charge >= 0.3 is 5.82 Å². The Morgan fingerprint density at radius 2 is 2.14 bits per heavy atom. The van der Waals surface area contributed by atoms with Gasteiger partial charge in [0, 0.05) is 11.6 Å². The van der Waals surface area contributed by atoms with E-state index in [-0.39, 0.29) is 5.69 Å². The fourth-order valence-corrected chi connectivity index (χ4v) is 0.883. The summed E-state index contributed by atoms with van der Waals surface area (Å²) >= 11 is 0. The molecule has 14 heavy (non-hydrogen) atoms. The van der Waals surface area contributed by atoms with Crippen LogP contribution in [0, 0.1) is 10.1 Å². The van der Waals surface area contributed by atoms with Crippen molar-refractivity contribution in [3.05, 3.63) is 33.5 Å². The zero-order valence-electron chi connectivity index (χ0n) is 6.78. The summed E-state index contributed by atoms with van der Waals surface area (Å²) in [4.78, 5) is 12.5. The Labute approximate surface area is 76.5 Å². The van der Waals surface area contributed by atoms with Crippen molar-refractivity contribution in [2.24, 2.45) is 0 Å². The normalized spacial score (nSPS) is 10.6. The van der Waals surface area contributed by atoms with Crippen LogP contribution in [0.2, 0.25) is 0 Å². The fraction of sp³-hybridized carbons (Fsp3) is 0.286. The van der Waals surface area contributed by atoms with Gasteiger partial charge < -0.3 is 10.1 Å². The molecule has 0 aliphatic rings. The van der Waals surface area contributed by atoms with Gasteiger partial charge in [0.25, 0.3) is 6.43 Å². The van der Waals surface area contributed by atoms with E-state index in [1.165, 1.54) is 0 Å². The zero-order valence-corrected chi connectivity index (χ0v) is 6.78. The summed E-state index contributed by atoms with van der Waals surface area (Å²) in [5, 5.41) is 10.2. The molecule has 0 aliphatic carbocycles. The number of alkyl halides is 3. The number of rotatable bonds is 3. The summed E-state index contributed by atoms with van der Waals surface area (Å²) in [6.07, 6.45) is -2.87. The van der Waals surface area contributed by atoms with Gasteiger partial charge in [0.05, 0.1) is 0 Å². The van der Waals surface area contributed by atoms with E-state index >= 15 is 0 Å². The number of halogens is 3. The molecule has 1 rings (SSSR count). The smallest absolute Gasteiger partial charge is 0.358 e. The lowest BCUT2D eigenvalue weighted by molar-refractivity contribution is -0.389. The Morgan fingerprint density at radius 3 is 2.57 bits per heavy atom. The summed E-state index contributed by atoms with van der Waals surface area (Å²) in [6.45, 7) is -1.11. The number of pyridine rings is 1. The highest BCUT2D eigenvalue weighted by molar-refractivity contribution is 5.30. The first kappa shape index (κ1) is 10.4. The first-order chi connectivity index (χ1) is 6.54. The van der Waals surface area contributed by atoms with Gasteiger partial charge in [-0.25, -0.2) is 13.2 Å². The van der Waals surface area contributed by atoms with Gasteiger partial charge in [-0.1, -0.05) is 0 Å². The molecule has 7 heteroatoms. The third-order valence-electron chi connectivity index (χ3n) is 1.46. The van der Waals surface area contributed by atoms with Crippen LogP contribution in [-0.4, -0.2) is 9.91 Å². The molecule has 0 N–H and O–H groups in total. The maximum absolute atomic E-state index is 12.2. The van der Waals surface area contributed by atoms with Crippen LogP contribution >= 0.6 is 0 Å². The van der Waals surface area contributed by atoms with Crippen molar-refractivity contribution in [2.45, 2.75) is 13.1 Å². The van der Waals surface area contributed by atoms with E-state index < -0.39 is 29.4 Å². The van der Waals surface area contributed by atoms with Crippen LogP contribution in [0.5, 0.6) is 0 Å². The van der Waals surface area contributed by atoms with Gasteiger partial charge in [-0.15, -0.1) is 0 Å². The molecule has 1 aromatic rings. The van der Waals surface area contributed by atoms with Crippen molar-refractivity contribution < 1.29 is 18.1 Å². The average molecular weight is 206 g/mol. The predicted molar refractivity (Wildman–Crippen MR) is 40.7 cm³/mol. The molecule has 4 nitrogen and oxygen atoms in total. The molecule has 0 saturated heterocycles. The molecule has 0 radical (unpaired) electrons. The maximum atomic E-state index is 12.2. The molecule has 0 saturated carbocycles. The largest absolute Gasteiger partial charge is 0.364 e. The van der Waals surface area contributed by atoms with Gasteiger partial charge in [0.15, 0.2) is 12.4 Å². The van der Waals surface area contributed by atoms with Crippen molar-refractivity contribution in [2.75, 3.05) is 0 Å². The van der Waals surface area contributed by atoms with Crippen LogP contribution in [0.15, 0.2) is 12.1 Å². The number of hydrogen-bond acceptors (Lipinski definition) is 3. The van der Waals surface area contributed by atoms with Crippen LogP contribution in [0.4, 0.5) is 19.0 Å². The molecule has 76 valence electrons. The van der Waals surface area contributed by atoms with Crippen molar-refractivity contribution in [3.8, 4) is 0 Å². The van der Waals surface area contributed by atoms with Crippen molar-refractivity contribution >= 4 is 5.82 Å². The van der Waals surface area contributed by atoms with E-state index in [9.17, 15) is 23.3 Å². The Hall–Kier alpha value is -1.66. The van der Waals surface area contributed by atoms with E-state index in [0.29, 0.717) is 6.07 Å². The molecule has 0 bridgehead atoms. The van der Waals surface area contributed by atoms with Gasteiger partial charge in [-0.05, 0) is 16.0 Å². The van der Waals surface area contributed by atoms with Crippen molar-refractivity contribution in [1.29, 1.82) is 0 Å². The standard InChI is InChI=1S/C7H5F3N2O2/c8-3-5-1-4(7(9)10)2-6(11-5)12(13)14/h1-2,7H,3H2. The molecule has 0 spiro atoms. The second-order valence-corrected chi connectivity index (χ2v) is 2.44. The van der Waals surface area contributed by atoms with E-state index in [2.05, 4.69) is 4.98 Å². The van der Waals surface area contributed by atoms with Gasteiger partial charge in [0.2, 0.25) is 0 Å². The summed E-state index contributed by atoms with van der Waals surface area (Å²) in [5.74, 6) is -0.768. The molecule has 0 unspecified atom stereocenters. The lowest BCUT2D eigenvalue weighted by Crippen LogP contribution is -1.98. The lowest BCUT2D eigenvalue weighted by Gasteiger charge is -1.99. The summed E-state index contributed by atoms with van der Waals surface area (Å²) < 4.78 is 36.4. The Bertz CT molecular complexity index is 357. The number of nitrogens with zero attached hydrogens (tertiary/aromatic N) is 2. The van der Waals surface area contributed by atoms with Crippen LogP contribution in [0.3, 0.4) is 0 Å². The highest BCUT2D eigenvalue weighted by atomic mass is 19.3. The average Bonchev–Trinajstić information content (AvgIpc) is 2.16. The van der Waals surface area contributed by atoms with Gasteiger partial charge in [-0.3, -0.25) is 0 Å². The van der Waals surface area contributed by atoms with Crippen LogP contribution in [0.1, 0.15) is 17.7 Å². The molecule has 0 aliphatic heterocycles. The summed E-state index contributed by atoms with van der Waals surface area (Å²) in [5.41, 5.74) is -0.964. The maximum Gasteiger partial charge on any atom is 0.364 e. The second kappa shape index (κ2) is 4.03. The monoisotopic (exact) mass is 206 g/mol. The van der Waals surface area contributed by atoms with E-state index in [4.69, 9.17) is 0 Å². The molecular weight excluding hydrogens is 201 g/mol. The molecular formula is C7H5F3N2O2. The lowest BCUT2D eigenvalue weighted by atomic mass is 10.2. The third-order valence-corrected chi connectivity index (χ3v) is 1.46. The Balaban J connectivity index is 3.20. The Kier molecular flexibility index (Phi) is 3.00. The molecule has 0 fully saturated rings. The van der Waals surface area contributed by atoms with E-state index in [1.54, 1.807) is 0 Å². The minimum absolute atomic E-state index is 0.366. The van der Waals surface area contributed by atoms with Crippen LogP contribution in [0.25, 0.3) is 0 Å². The minimum atomic E-state index is -2.87. The Morgan fingerprint density at radius 1 is 1.50 bits per heavy atom. The minimum Gasteiger partial charge on any atom is -0.358 e. The van der Waals surface area contributed by atoms with E-state index in [1.807, 2.05) is 0 Å². The molecule has 0 aromatic carbocycles. The van der Waals surface area contributed by atoms with Crippen molar-refractivity contribution in [1.82, 2.24) is 4.98 Å². The quantitative estimate of drug-likeness (QED) is 0.563. The van der Waals surface area contributed by atoms with Crippen LogP contribution in [-0.2, 0) is 6.67 Å². The highest BCUT2D eigenvalue weighted by Gasteiger charge is 2.17. The zero-order chi connectivity index (χ0) is 10.7. The van der Waals surface area contributed by atoms with Gasteiger partial charge in [0.1, 0.15) is 0 Å². The first-order valence-corrected chi connectivity index (χ1v) is 3.54. The fourth-order valence-electron chi connectivity index (χ4n) is 0.883. The summed E-state index contributed by atoms with van der Waals surface area (Å²) in [7, 11) is 0. The first-order valence-electron chi connectivity index (χ1n) is 3.54. The molecule has 1 heterocycles. The van der Waals surface area contributed by atoms with Gasteiger partial charge in [-0.2, -0.15) is 0 Å². The van der Waals surface area contributed by atoms with E-state index in [0.717, 1.165) is 6.07 Å².